The van der Waals surface area contributed by atoms with Crippen molar-refractivity contribution >= 4 is 17.2 Å². The van der Waals surface area contributed by atoms with E-state index in [-0.39, 0.29) is 11.9 Å². The molecule has 1 aliphatic heterocycles. The summed E-state index contributed by atoms with van der Waals surface area (Å²) >= 11 is 1.62. The minimum absolute atomic E-state index is 0.0572. The molecule has 1 saturated heterocycles. The maximum atomic E-state index is 12.5. The average Bonchev–Trinajstić information content (AvgIpc) is 2.98. The zero-order valence-corrected chi connectivity index (χ0v) is 12.1. The number of piperidine rings is 1. The van der Waals surface area contributed by atoms with Crippen molar-refractivity contribution < 1.29 is 9.53 Å². The summed E-state index contributed by atoms with van der Waals surface area (Å²) in [4.78, 5) is 18.7. The van der Waals surface area contributed by atoms with Gasteiger partial charge in [-0.2, -0.15) is 0 Å². The van der Waals surface area contributed by atoms with Gasteiger partial charge in [0, 0.05) is 18.1 Å². The lowest BCUT2D eigenvalue weighted by atomic mass is 10.0. The van der Waals surface area contributed by atoms with E-state index in [1.807, 2.05) is 10.3 Å². The number of carbonyl (C=O) groups excluding carboxylic acids is 1. The summed E-state index contributed by atoms with van der Waals surface area (Å²) < 4.78 is 5.45. The molecule has 2 atom stereocenters. The van der Waals surface area contributed by atoms with Gasteiger partial charge in [0.05, 0.1) is 12.6 Å². The van der Waals surface area contributed by atoms with Crippen molar-refractivity contribution in [3.8, 4) is 0 Å². The van der Waals surface area contributed by atoms with Crippen LogP contribution in [0.3, 0.4) is 0 Å². The smallest absolute Gasteiger partial charge is 0.252 e. The van der Waals surface area contributed by atoms with Gasteiger partial charge < -0.3 is 9.64 Å². The molecule has 1 fully saturated rings. The first-order valence-electron chi connectivity index (χ1n) is 6.66. The molecule has 0 unspecified atom stereocenters. The van der Waals surface area contributed by atoms with Crippen LogP contribution in [0.25, 0.3) is 0 Å². The van der Waals surface area contributed by atoms with Gasteiger partial charge in [-0.25, -0.2) is 4.98 Å². The van der Waals surface area contributed by atoms with Gasteiger partial charge in [0.2, 0.25) is 0 Å². The van der Waals surface area contributed by atoms with Crippen LogP contribution in [0.2, 0.25) is 0 Å². The molecular formula is C14H20N2O2S. The number of thiazole rings is 1. The van der Waals surface area contributed by atoms with Crippen LogP contribution in [0.4, 0.5) is 0 Å². The van der Waals surface area contributed by atoms with Gasteiger partial charge >= 0.3 is 0 Å². The highest BCUT2D eigenvalue weighted by atomic mass is 32.1. The molecule has 2 rings (SSSR count). The molecule has 0 bridgehead atoms. The number of carbonyl (C=O) groups is 1. The summed E-state index contributed by atoms with van der Waals surface area (Å²) in [7, 11) is 0. The molecule has 0 spiro atoms. The predicted molar refractivity (Wildman–Crippen MR) is 76.0 cm³/mol. The summed E-state index contributed by atoms with van der Waals surface area (Å²) in [6, 6.07) is 0.121. The third kappa shape index (κ3) is 3.42. The fraction of sp³-hybridized carbons (Fsp3) is 0.571. The van der Waals surface area contributed by atoms with E-state index in [4.69, 9.17) is 4.74 Å². The van der Waals surface area contributed by atoms with Gasteiger partial charge in [-0.3, -0.25) is 4.79 Å². The number of amides is 1. The molecule has 5 heteroatoms. The highest BCUT2D eigenvalue weighted by Gasteiger charge is 2.32. The standard InChI is InChI=1S/C14H20N2O2S/c1-3-9-18-11(2)14(17)16-8-5-4-6-12(16)13-15-7-10-19-13/h3,7,10-12H,1,4-6,8-9H2,2H3/t11-,12+/m1/s1. The van der Waals surface area contributed by atoms with Crippen LogP contribution in [0.1, 0.15) is 37.2 Å². The molecule has 104 valence electrons. The molecule has 0 aromatic carbocycles. The number of likely N-dealkylation sites (tertiary alicyclic amines) is 1. The maximum absolute atomic E-state index is 12.5. The largest absolute Gasteiger partial charge is 0.365 e. The van der Waals surface area contributed by atoms with Crippen LogP contribution in [-0.4, -0.2) is 35.0 Å². The molecule has 0 radical (unpaired) electrons. The van der Waals surface area contributed by atoms with Crippen molar-refractivity contribution in [1.82, 2.24) is 9.88 Å². The third-order valence-electron chi connectivity index (χ3n) is 3.33. The van der Waals surface area contributed by atoms with Crippen molar-refractivity contribution in [2.75, 3.05) is 13.2 Å². The predicted octanol–water partition coefficient (Wildman–Crippen LogP) is 2.79. The number of aromatic nitrogens is 1. The molecule has 1 amide bonds. The molecule has 1 aromatic rings. The highest BCUT2D eigenvalue weighted by molar-refractivity contribution is 7.09. The van der Waals surface area contributed by atoms with Crippen LogP contribution in [0, 0.1) is 0 Å². The summed E-state index contributed by atoms with van der Waals surface area (Å²) in [5, 5.41) is 2.99. The third-order valence-corrected chi connectivity index (χ3v) is 4.21. The Morgan fingerprint density at radius 1 is 1.74 bits per heavy atom. The molecule has 0 N–H and O–H groups in total. The topological polar surface area (TPSA) is 42.4 Å². The second-order valence-electron chi connectivity index (χ2n) is 4.68. The number of nitrogens with zero attached hydrogens (tertiary/aromatic N) is 2. The van der Waals surface area contributed by atoms with Crippen molar-refractivity contribution in [2.24, 2.45) is 0 Å². The van der Waals surface area contributed by atoms with Crippen molar-refractivity contribution in [2.45, 2.75) is 38.3 Å². The second kappa shape index (κ2) is 6.82. The van der Waals surface area contributed by atoms with Crippen molar-refractivity contribution in [1.29, 1.82) is 0 Å². The Kier molecular flexibility index (Phi) is 5.10. The van der Waals surface area contributed by atoms with Crippen LogP contribution in [0.15, 0.2) is 24.2 Å². The molecule has 4 nitrogen and oxygen atoms in total. The normalized spacial score (nSPS) is 21.1. The SMILES string of the molecule is C=CCO[C@H](C)C(=O)N1CCCC[C@H]1c1nccs1. The average molecular weight is 280 g/mol. The van der Waals surface area contributed by atoms with Gasteiger partial charge in [0.15, 0.2) is 0 Å². The van der Waals surface area contributed by atoms with Crippen molar-refractivity contribution in [3.63, 3.8) is 0 Å². The van der Waals surface area contributed by atoms with E-state index in [0.717, 1.165) is 30.8 Å². The first kappa shape index (κ1) is 14.2. The van der Waals surface area contributed by atoms with Gasteiger partial charge in [0.1, 0.15) is 11.1 Å². The number of ether oxygens (including phenoxy) is 1. The summed E-state index contributed by atoms with van der Waals surface area (Å²) in [6.45, 7) is 6.61. The van der Waals surface area contributed by atoms with Gasteiger partial charge in [-0.15, -0.1) is 17.9 Å². The van der Waals surface area contributed by atoms with Crippen LogP contribution >= 0.6 is 11.3 Å². The maximum Gasteiger partial charge on any atom is 0.252 e. The first-order valence-corrected chi connectivity index (χ1v) is 7.54. The zero-order chi connectivity index (χ0) is 13.7. The molecule has 0 saturated carbocycles. The van der Waals surface area contributed by atoms with E-state index in [1.165, 1.54) is 0 Å². The monoisotopic (exact) mass is 280 g/mol. The minimum Gasteiger partial charge on any atom is -0.365 e. The number of rotatable bonds is 5. The van der Waals surface area contributed by atoms with Gasteiger partial charge in [-0.1, -0.05) is 6.08 Å². The van der Waals surface area contributed by atoms with Crippen LogP contribution in [-0.2, 0) is 9.53 Å². The fourth-order valence-corrected chi connectivity index (χ4v) is 3.15. The Morgan fingerprint density at radius 3 is 3.26 bits per heavy atom. The molecule has 0 aliphatic carbocycles. The minimum atomic E-state index is -0.418. The van der Waals surface area contributed by atoms with E-state index in [2.05, 4.69) is 11.6 Å². The quantitative estimate of drug-likeness (QED) is 0.779. The van der Waals surface area contributed by atoms with E-state index in [0.29, 0.717) is 6.61 Å². The van der Waals surface area contributed by atoms with E-state index in [9.17, 15) is 4.79 Å². The Labute approximate surface area is 118 Å². The van der Waals surface area contributed by atoms with E-state index < -0.39 is 6.10 Å². The summed E-state index contributed by atoms with van der Waals surface area (Å²) in [5.41, 5.74) is 0. The fourth-order valence-electron chi connectivity index (χ4n) is 2.37. The lowest BCUT2D eigenvalue weighted by Crippen LogP contribution is -2.44. The molecule has 2 heterocycles. The summed E-state index contributed by atoms with van der Waals surface area (Å²) in [6.07, 6.45) is 6.25. The molecule has 19 heavy (non-hydrogen) atoms. The molecule has 1 aromatic heterocycles. The first-order chi connectivity index (χ1) is 9.24. The second-order valence-corrected chi connectivity index (χ2v) is 5.60. The van der Waals surface area contributed by atoms with Crippen LogP contribution < -0.4 is 0 Å². The van der Waals surface area contributed by atoms with Gasteiger partial charge in [0.25, 0.3) is 5.91 Å². The Balaban J connectivity index is 2.06. The van der Waals surface area contributed by atoms with Crippen LogP contribution in [0.5, 0.6) is 0 Å². The Hall–Kier alpha value is -1.20. The lowest BCUT2D eigenvalue weighted by molar-refractivity contribution is -0.146. The van der Waals surface area contributed by atoms with E-state index >= 15 is 0 Å². The Morgan fingerprint density at radius 2 is 2.58 bits per heavy atom. The molecule has 1 aliphatic rings. The number of hydrogen-bond donors (Lipinski definition) is 0. The Bertz CT molecular complexity index is 419. The number of hydrogen-bond acceptors (Lipinski definition) is 4. The highest BCUT2D eigenvalue weighted by Crippen LogP contribution is 2.32. The summed E-state index contributed by atoms with van der Waals surface area (Å²) in [5.74, 6) is 0.0572. The lowest BCUT2D eigenvalue weighted by Gasteiger charge is -2.36. The molecular weight excluding hydrogens is 260 g/mol. The van der Waals surface area contributed by atoms with Crippen molar-refractivity contribution in [3.05, 3.63) is 29.2 Å². The van der Waals surface area contributed by atoms with Gasteiger partial charge in [-0.05, 0) is 26.2 Å². The van der Waals surface area contributed by atoms with E-state index in [1.54, 1.807) is 30.5 Å². The zero-order valence-electron chi connectivity index (χ0n) is 11.2.